The monoisotopic (exact) mass is 214 g/mol. The summed E-state index contributed by atoms with van der Waals surface area (Å²) in [5.74, 6) is 0.828. The Morgan fingerprint density at radius 3 is 2.38 bits per heavy atom. The molecule has 2 rings (SSSR count). The van der Waals surface area contributed by atoms with E-state index >= 15 is 0 Å². The van der Waals surface area contributed by atoms with Gasteiger partial charge >= 0.3 is 0 Å². The number of nitrogens with two attached hydrogens (primary N) is 1. The van der Waals surface area contributed by atoms with E-state index in [1.807, 2.05) is 42.5 Å². The van der Waals surface area contributed by atoms with Crippen LogP contribution in [0.4, 0.5) is 0 Å². The zero-order valence-electron chi connectivity index (χ0n) is 8.91. The van der Waals surface area contributed by atoms with Crippen LogP contribution in [0.5, 0.6) is 5.75 Å². The lowest BCUT2D eigenvalue weighted by Gasteiger charge is -2.17. The molecule has 1 atom stereocenters. The molecular formula is C13H14N2O. The minimum absolute atomic E-state index is 0.120. The normalized spacial score (nSPS) is 12.1. The van der Waals surface area contributed by atoms with E-state index in [1.165, 1.54) is 0 Å². The van der Waals surface area contributed by atoms with Gasteiger partial charge in [-0.1, -0.05) is 18.2 Å². The summed E-state index contributed by atoms with van der Waals surface area (Å²) in [6, 6.07) is 13.5. The van der Waals surface area contributed by atoms with E-state index in [2.05, 4.69) is 4.98 Å². The Labute approximate surface area is 94.9 Å². The second-order valence-corrected chi connectivity index (χ2v) is 3.44. The van der Waals surface area contributed by atoms with Gasteiger partial charge in [-0.2, -0.15) is 0 Å². The van der Waals surface area contributed by atoms with Gasteiger partial charge in [-0.15, -0.1) is 0 Å². The van der Waals surface area contributed by atoms with Crippen molar-refractivity contribution >= 4 is 0 Å². The third-order valence-electron chi connectivity index (χ3n) is 2.31. The van der Waals surface area contributed by atoms with Crippen LogP contribution in [-0.2, 0) is 0 Å². The van der Waals surface area contributed by atoms with Crippen molar-refractivity contribution in [1.29, 1.82) is 0 Å². The Balaban J connectivity index is 2.13. The first-order valence-corrected chi connectivity index (χ1v) is 5.22. The van der Waals surface area contributed by atoms with E-state index < -0.39 is 0 Å². The molecule has 0 aliphatic carbocycles. The SMILES string of the molecule is NCC(Oc1ccccc1)c1ccncc1. The summed E-state index contributed by atoms with van der Waals surface area (Å²) in [6.07, 6.45) is 3.36. The van der Waals surface area contributed by atoms with Gasteiger partial charge in [-0.3, -0.25) is 4.98 Å². The van der Waals surface area contributed by atoms with Crippen LogP contribution < -0.4 is 10.5 Å². The van der Waals surface area contributed by atoms with Crippen molar-refractivity contribution < 1.29 is 4.74 Å². The first-order valence-electron chi connectivity index (χ1n) is 5.22. The molecule has 16 heavy (non-hydrogen) atoms. The number of rotatable bonds is 4. The van der Waals surface area contributed by atoms with Crippen molar-refractivity contribution in [1.82, 2.24) is 4.98 Å². The second-order valence-electron chi connectivity index (χ2n) is 3.44. The van der Waals surface area contributed by atoms with Gasteiger partial charge in [-0.05, 0) is 29.8 Å². The van der Waals surface area contributed by atoms with Crippen molar-refractivity contribution in [3.8, 4) is 5.75 Å². The maximum atomic E-state index is 5.80. The maximum Gasteiger partial charge on any atom is 0.136 e. The lowest BCUT2D eigenvalue weighted by molar-refractivity contribution is 0.214. The van der Waals surface area contributed by atoms with Crippen molar-refractivity contribution in [3.63, 3.8) is 0 Å². The summed E-state index contributed by atoms with van der Waals surface area (Å²) < 4.78 is 5.80. The lowest BCUT2D eigenvalue weighted by Crippen LogP contribution is -2.18. The number of benzene rings is 1. The quantitative estimate of drug-likeness (QED) is 0.848. The molecule has 0 bridgehead atoms. The second kappa shape index (κ2) is 5.28. The highest BCUT2D eigenvalue weighted by molar-refractivity contribution is 5.23. The van der Waals surface area contributed by atoms with E-state index in [-0.39, 0.29) is 6.10 Å². The van der Waals surface area contributed by atoms with Crippen molar-refractivity contribution in [2.24, 2.45) is 5.73 Å². The molecule has 0 aliphatic heterocycles. The summed E-state index contributed by atoms with van der Waals surface area (Å²) in [4.78, 5) is 3.97. The molecule has 0 saturated carbocycles. The summed E-state index contributed by atoms with van der Waals surface area (Å²) >= 11 is 0. The van der Waals surface area contributed by atoms with Gasteiger partial charge in [-0.25, -0.2) is 0 Å². The Morgan fingerprint density at radius 1 is 1.06 bits per heavy atom. The molecule has 2 N–H and O–H groups in total. The molecule has 0 aliphatic rings. The zero-order valence-corrected chi connectivity index (χ0v) is 8.91. The number of ether oxygens (including phenoxy) is 1. The molecule has 2 aromatic rings. The first-order chi connectivity index (χ1) is 7.90. The minimum Gasteiger partial charge on any atom is -0.484 e. The Kier molecular flexibility index (Phi) is 3.51. The highest BCUT2D eigenvalue weighted by atomic mass is 16.5. The molecule has 1 aromatic heterocycles. The Morgan fingerprint density at radius 2 is 1.75 bits per heavy atom. The fourth-order valence-electron chi connectivity index (χ4n) is 1.49. The van der Waals surface area contributed by atoms with Crippen molar-refractivity contribution in [2.75, 3.05) is 6.54 Å². The van der Waals surface area contributed by atoms with Gasteiger partial charge in [0.05, 0.1) is 0 Å². The van der Waals surface area contributed by atoms with Gasteiger partial charge in [0.25, 0.3) is 0 Å². The number of nitrogens with zero attached hydrogens (tertiary/aromatic N) is 1. The molecule has 3 nitrogen and oxygen atoms in total. The molecule has 82 valence electrons. The Hall–Kier alpha value is -1.87. The van der Waals surface area contributed by atoms with Gasteiger partial charge < -0.3 is 10.5 Å². The zero-order chi connectivity index (χ0) is 11.2. The van der Waals surface area contributed by atoms with Crippen LogP contribution in [-0.4, -0.2) is 11.5 Å². The number of pyridine rings is 1. The predicted molar refractivity (Wildman–Crippen MR) is 63.1 cm³/mol. The van der Waals surface area contributed by atoms with Gasteiger partial charge in [0, 0.05) is 18.9 Å². The summed E-state index contributed by atoms with van der Waals surface area (Å²) in [5, 5.41) is 0. The van der Waals surface area contributed by atoms with Crippen molar-refractivity contribution in [2.45, 2.75) is 6.10 Å². The molecule has 3 heteroatoms. The third kappa shape index (κ3) is 2.58. The molecule has 1 heterocycles. The largest absolute Gasteiger partial charge is 0.484 e. The van der Waals surface area contributed by atoms with Crippen LogP contribution in [0.2, 0.25) is 0 Å². The molecule has 0 amide bonds. The summed E-state index contributed by atoms with van der Waals surface area (Å²) in [7, 11) is 0. The van der Waals surface area contributed by atoms with Gasteiger partial charge in [0.15, 0.2) is 0 Å². The minimum atomic E-state index is -0.120. The van der Waals surface area contributed by atoms with Crippen molar-refractivity contribution in [3.05, 3.63) is 60.4 Å². The first kappa shape index (κ1) is 10.6. The highest BCUT2D eigenvalue weighted by Crippen LogP contribution is 2.20. The molecule has 0 radical (unpaired) electrons. The van der Waals surface area contributed by atoms with E-state index in [4.69, 9.17) is 10.5 Å². The fraction of sp³-hybridized carbons (Fsp3) is 0.154. The molecule has 1 unspecified atom stereocenters. The van der Waals surface area contributed by atoms with Crippen LogP contribution in [0.1, 0.15) is 11.7 Å². The number of hydrogen-bond donors (Lipinski definition) is 1. The molecular weight excluding hydrogens is 200 g/mol. The third-order valence-corrected chi connectivity index (χ3v) is 2.31. The number of aromatic nitrogens is 1. The van der Waals surface area contributed by atoms with Crippen LogP contribution in [0.3, 0.4) is 0 Å². The smallest absolute Gasteiger partial charge is 0.136 e. The number of hydrogen-bond acceptors (Lipinski definition) is 3. The fourth-order valence-corrected chi connectivity index (χ4v) is 1.49. The average molecular weight is 214 g/mol. The molecule has 0 saturated heterocycles. The summed E-state index contributed by atoms with van der Waals surface area (Å²) in [6.45, 7) is 0.443. The van der Waals surface area contributed by atoms with E-state index in [0.717, 1.165) is 11.3 Å². The maximum absolute atomic E-state index is 5.80. The van der Waals surface area contributed by atoms with E-state index in [1.54, 1.807) is 12.4 Å². The van der Waals surface area contributed by atoms with Crippen LogP contribution >= 0.6 is 0 Å². The van der Waals surface area contributed by atoms with E-state index in [0.29, 0.717) is 6.54 Å². The van der Waals surface area contributed by atoms with Crippen LogP contribution in [0.15, 0.2) is 54.9 Å². The van der Waals surface area contributed by atoms with Gasteiger partial charge in [0.2, 0.25) is 0 Å². The molecule has 0 spiro atoms. The molecule has 0 fully saturated rings. The lowest BCUT2D eigenvalue weighted by atomic mass is 10.1. The van der Waals surface area contributed by atoms with Crippen LogP contribution in [0, 0.1) is 0 Å². The predicted octanol–water partition coefficient (Wildman–Crippen LogP) is 2.16. The highest BCUT2D eigenvalue weighted by Gasteiger charge is 2.10. The Bertz CT molecular complexity index is 416. The van der Waals surface area contributed by atoms with Crippen LogP contribution in [0.25, 0.3) is 0 Å². The van der Waals surface area contributed by atoms with E-state index in [9.17, 15) is 0 Å². The topological polar surface area (TPSA) is 48.1 Å². The van der Waals surface area contributed by atoms with Gasteiger partial charge in [0.1, 0.15) is 11.9 Å². The average Bonchev–Trinajstić information content (AvgIpc) is 2.38. The standard InChI is InChI=1S/C13H14N2O/c14-10-13(11-6-8-15-9-7-11)16-12-4-2-1-3-5-12/h1-9,13H,10,14H2. The molecule has 1 aromatic carbocycles. The summed E-state index contributed by atoms with van der Waals surface area (Å²) in [5.41, 5.74) is 6.75. The number of para-hydroxylation sites is 1.